The van der Waals surface area contributed by atoms with E-state index in [0.717, 1.165) is 27.7 Å². The van der Waals surface area contributed by atoms with Gasteiger partial charge in [-0.3, -0.25) is 4.98 Å². The average Bonchev–Trinajstić information content (AvgIpc) is 2.53. The minimum absolute atomic E-state index is 0.630. The van der Waals surface area contributed by atoms with Crippen molar-refractivity contribution in [1.29, 1.82) is 0 Å². The van der Waals surface area contributed by atoms with E-state index < -0.39 is 6.10 Å². The molecule has 3 rings (SSSR count). The van der Waals surface area contributed by atoms with Crippen LogP contribution in [0, 0.1) is 0 Å². The molecule has 2 aromatic carbocycles. The van der Waals surface area contributed by atoms with E-state index in [4.69, 9.17) is 0 Å². The van der Waals surface area contributed by atoms with Gasteiger partial charge in [0.1, 0.15) is 6.10 Å². The lowest BCUT2D eigenvalue weighted by Crippen LogP contribution is -2.09. The molecule has 0 aliphatic rings. The van der Waals surface area contributed by atoms with Crippen molar-refractivity contribution >= 4 is 16.6 Å². The molecule has 3 aromatic rings. The van der Waals surface area contributed by atoms with Gasteiger partial charge in [-0.25, -0.2) is 0 Å². The van der Waals surface area contributed by atoms with Crippen molar-refractivity contribution in [1.82, 2.24) is 4.98 Å². The van der Waals surface area contributed by atoms with Gasteiger partial charge in [0.15, 0.2) is 0 Å². The maximum atomic E-state index is 10.6. The smallest absolute Gasteiger partial charge is 0.104 e. The lowest BCUT2D eigenvalue weighted by atomic mass is 9.99. The summed E-state index contributed by atoms with van der Waals surface area (Å²) < 4.78 is 0. The Morgan fingerprint density at radius 1 is 0.952 bits per heavy atom. The Bertz CT molecular complexity index is 768. The largest absolute Gasteiger partial charge is 0.384 e. The number of hydrogen-bond donors (Lipinski definition) is 1. The Balaban J connectivity index is 1.99. The Hall–Kier alpha value is -2.39. The molecule has 0 aliphatic heterocycles. The Kier molecular flexibility index (Phi) is 3.59. The van der Waals surface area contributed by atoms with Crippen LogP contribution in [-0.4, -0.2) is 24.2 Å². The minimum Gasteiger partial charge on any atom is -0.384 e. The monoisotopic (exact) mass is 278 g/mol. The van der Waals surface area contributed by atoms with E-state index in [2.05, 4.69) is 4.98 Å². The average molecular weight is 278 g/mol. The highest BCUT2D eigenvalue weighted by Crippen LogP contribution is 2.27. The Morgan fingerprint density at radius 3 is 2.57 bits per heavy atom. The zero-order chi connectivity index (χ0) is 14.8. The number of aromatic nitrogens is 1. The van der Waals surface area contributed by atoms with Gasteiger partial charge in [0.05, 0.1) is 5.52 Å². The van der Waals surface area contributed by atoms with Gasteiger partial charge in [-0.05, 0) is 41.5 Å². The molecule has 0 radical (unpaired) electrons. The standard InChI is InChI=1S/C18H18N2O/c1-20(2)16-7-3-5-14(12-16)18(21)15-8-9-17-13(11-15)6-4-10-19-17/h3-12,18,21H,1-2H3. The van der Waals surface area contributed by atoms with Gasteiger partial charge < -0.3 is 10.0 Å². The normalized spacial score (nSPS) is 12.3. The summed E-state index contributed by atoms with van der Waals surface area (Å²) >= 11 is 0. The lowest BCUT2D eigenvalue weighted by Gasteiger charge is -2.17. The van der Waals surface area contributed by atoms with Crippen LogP contribution in [0.2, 0.25) is 0 Å². The maximum absolute atomic E-state index is 10.6. The third-order valence-corrected chi connectivity index (χ3v) is 3.65. The zero-order valence-electron chi connectivity index (χ0n) is 12.2. The van der Waals surface area contributed by atoms with Gasteiger partial charge >= 0.3 is 0 Å². The van der Waals surface area contributed by atoms with E-state index in [9.17, 15) is 5.11 Å². The number of aliphatic hydroxyl groups is 1. The Morgan fingerprint density at radius 2 is 1.76 bits per heavy atom. The number of nitrogens with zero attached hydrogens (tertiary/aromatic N) is 2. The molecule has 0 amide bonds. The summed E-state index contributed by atoms with van der Waals surface area (Å²) in [4.78, 5) is 6.33. The van der Waals surface area contributed by atoms with Gasteiger partial charge in [-0.2, -0.15) is 0 Å². The van der Waals surface area contributed by atoms with E-state index in [0.29, 0.717) is 0 Å². The highest BCUT2D eigenvalue weighted by molar-refractivity contribution is 5.79. The second-order valence-corrected chi connectivity index (χ2v) is 5.35. The van der Waals surface area contributed by atoms with E-state index in [1.54, 1.807) is 6.20 Å². The molecule has 1 aromatic heterocycles. The van der Waals surface area contributed by atoms with Crippen LogP contribution in [-0.2, 0) is 0 Å². The molecule has 0 bridgehead atoms. The maximum Gasteiger partial charge on any atom is 0.104 e. The molecule has 0 saturated carbocycles. The summed E-state index contributed by atoms with van der Waals surface area (Å²) in [6, 6.07) is 17.8. The fourth-order valence-corrected chi connectivity index (χ4v) is 2.43. The minimum atomic E-state index is -0.630. The first-order valence-corrected chi connectivity index (χ1v) is 6.95. The molecule has 21 heavy (non-hydrogen) atoms. The third kappa shape index (κ3) is 2.73. The quantitative estimate of drug-likeness (QED) is 0.798. The van der Waals surface area contributed by atoms with Gasteiger partial charge in [-0.15, -0.1) is 0 Å². The van der Waals surface area contributed by atoms with Gasteiger partial charge in [-0.1, -0.05) is 24.3 Å². The molecular formula is C18H18N2O. The number of hydrogen-bond acceptors (Lipinski definition) is 3. The van der Waals surface area contributed by atoms with Crippen molar-refractivity contribution < 1.29 is 5.11 Å². The van der Waals surface area contributed by atoms with Crippen molar-refractivity contribution in [3.63, 3.8) is 0 Å². The van der Waals surface area contributed by atoms with Gasteiger partial charge in [0, 0.05) is 31.4 Å². The van der Waals surface area contributed by atoms with Crippen molar-refractivity contribution in [2.75, 3.05) is 19.0 Å². The molecular weight excluding hydrogens is 260 g/mol. The van der Waals surface area contributed by atoms with Crippen LogP contribution in [0.25, 0.3) is 10.9 Å². The van der Waals surface area contributed by atoms with Crippen molar-refractivity contribution in [2.45, 2.75) is 6.10 Å². The second kappa shape index (κ2) is 5.54. The summed E-state index contributed by atoms with van der Waals surface area (Å²) in [6.07, 6.45) is 1.15. The number of anilines is 1. The molecule has 1 unspecified atom stereocenters. The van der Waals surface area contributed by atoms with Crippen LogP contribution in [0.1, 0.15) is 17.2 Å². The number of pyridine rings is 1. The third-order valence-electron chi connectivity index (χ3n) is 3.65. The molecule has 0 aliphatic carbocycles. The van der Waals surface area contributed by atoms with Gasteiger partial charge in [0.25, 0.3) is 0 Å². The van der Waals surface area contributed by atoms with Crippen molar-refractivity contribution in [3.8, 4) is 0 Å². The summed E-state index contributed by atoms with van der Waals surface area (Å²) in [6.45, 7) is 0. The number of rotatable bonds is 3. The summed E-state index contributed by atoms with van der Waals surface area (Å²) in [5, 5.41) is 11.7. The predicted molar refractivity (Wildman–Crippen MR) is 86.6 cm³/mol. The van der Waals surface area contributed by atoms with Crippen LogP contribution in [0.3, 0.4) is 0 Å². The SMILES string of the molecule is CN(C)c1cccc(C(O)c2ccc3ncccc3c2)c1. The molecule has 1 atom stereocenters. The zero-order valence-corrected chi connectivity index (χ0v) is 12.2. The van der Waals surface area contributed by atoms with Crippen LogP contribution in [0.5, 0.6) is 0 Å². The highest BCUT2D eigenvalue weighted by Gasteiger charge is 2.12. The first-order chi connectivity index (χ1) is 10.1. The van der Waals surface area contributed by atoms with E-state index in [1.165, 1.54) is 0 Å². The van der Waals surface area contributed by atoms with Crippen molar-refractivity contribution in [3.05, 3.63) is 71.9 Å². The molecule has 0 spiro atoms. The van der Waals surface area contributed by atoms with Gasteiger partial charge in [0.2, 0.25) is 0 Å². The number of fused-ring (bicyclic) bond motifs is 1. The first-order valence-electron chi connectivity index (χ1n) is 6.95. The summed E-state index contributed by atoms with van der Waals surface area (Å²) in [5.41, 5.74) is 3.79. The van der Waals surface area contributed by atoms with Crippen LogP contribution in [0.15, 0.2) is 60.8 Å². The molecule has 1 N–H and O–H groups in total. The van der Waals surface area contributed by atoms with E-state index in [-0.39, 0.29) is 0 Å². The lowest BCUT2D eigenvalue weighted by molar-refractivity contribution is 0.220. The summed E-state index contributed by atoms with van der Waals surface area (Å²) in [5.74, 6) is 0. The highest BCUT2D eigenvalue weighted by atomic mass is 16.3. The van der Waals surface area contributed by atoms with Crippen LogP contribution >= 0.6 is 0 Å². The predicted octanol–water partition coefficient (Wildman–Crippen LogP) is 3.38. The Labute approximate surface area is 124 Å². The van der Waals surface area contributed by atoms with E-state index in [1.807, 2.05) is 73.6 Å². The topological polar surface area (TPSA) is 36.4 Å². The molecule has 0 fully saturated rings. The fraction of sp³-hybridized carbons (Fsp3) is 0.167. The molecule has 1 heterocycles. The van der Waals surface area contributed by atoms with E-state index >= 15 is 0 Å². The molecule has 0 saturated heterocycles. The van der Waals surface area contributed by atoms with Crippen LogP contribution < -0.4 is 4.90 Å². The molecule has 3 heteroatoms. The van der Waals surface area contributed by atoms with Crippen molar-refractivity contribution in [2.24, 2.45) is 0 Å². The molecule has 106 valence electrons. The molecule has 3 nitrogen and oxygen atoms in total. The number of benzene rings is 2. The first kappa shape index (κ1) is 13.6. The van der Waals surface area contributed by atoms with Crippen LogP contribution in [0.4, 0.5) is 5.69 Å². The summed E-state index contributed by atoms with van der Waals surface area (Å²) in [7, 11) is 3.99. The number of aliphatic hydroxyl groups excluding tert-OH is 1. The fourth-order valence-electron chi connectivity index (χ4n) is 2.43. The second-order valence-electron chi connectivity index (χ2n) is 5.35.